The van der Waals surface area contributed by atoms with E-state index in [1.54, 1.807) is 4.90 Å². The average molecular weight is 478 g/mol. The lowest BCUT2D eigenvalue weighted by Gasteiger charge is -2.37. The molecule has 0 bridgehead atoms. The molecule has 4 nitrogen and oxygen atoms in total. The number of rotatable bonds is 5. The number of ketones is 1. The Kier molecular flexibility index (Phi) is 7.76. The highest BCUT2D eigenvalue weighted by molar-refractivity contribution is 5.81. The molecule has 2 aliphatic rings. The summed E-state index contributed by atoms with van der Waals surface area (Å²) >= 11 is 0. The third-order valence-electron chi connectivity index (χ3n) is 6.63. The van der Waals surface area contributed by atoms with Crippen molar-refractivity contribution in [3.8, 4) is 0 Å². The Labute approximate surface area is 188 Å². The van der Waals surface area contributed by atoms with E-state index in [0.29, 0.717) is 38.1 Å². The Bertz CT molecular complexity index is 827. The summed E-state index contributed by atoms with van der Waals surface area (Å²) in [6.07, 6.45) is -5.61. The van der Waals surface area contributed by atoms with Crippen molar-refractivity contribution in [1.82, 2.24) is 4.90 Å². The summed E-state index contributed by atoms with van der Waals surface area (Å²) in [5, 5.41) is 0. The quantitative estimate of drug-likeness (QED) is 0.607. The van der Waals surface area contributed by atoms with Gasteiger partial charge in [-0.25, -0.2) is 0 Å². The highest BCUT2D eigenvalue weighted by Gasteiger charge is 2.37. The van der Waals surface area contributed by atoms with Gasteiger partial charge in [0.25, 0.3) is 0 Å². The van der Waals surface area contributed by atoms with Crippen LogP contribution < -0.4 is 5.73 Å². The molecule has 1 aliphatic carbocycles. The number of piperidine rings is 1. The van der Waals surface area contributed by atoms with Crippen LogP contribution in [0.1, 0.15) is 61.6 Å². The zero-order chi connectivity index (χ0) is 24.4. The number of halogens is 6. The number of likely N-dealkylation sites (tertiary alicyclic amines) is 1. The Hall–Kier alpha value is -2.10. The maximum atomic E-state index is 13.0. The number of carbonyl (C=O) groups is 2. The van der Waals surface area contributed by atoms with E-state index in [1.807, 2.05) is 0 Å². The van der Waals surface area contributed by atoms with Gasteiger partial charge < -0.3 is 10.6 Å². The number of benzene rings is 1. The van der Waals surface area contributed by atoms with Crippen molar-refractivity contribution in [3.05, 3.63) is 34.9 Å². The summed E-state index contributed by atoms with van der Waals surface area (Å²) in [6, 6.07) is 1.11. The minimum absolute atomic E-state index is 0.0376. The summed E-state index contributed by atoms with van der Waals surface area (Å²) in [4.78, 5) is 27.0. The molecule has 2 atom stereocenters. The molecule has 3 rings (SSSR count). The molecule has 10 heteroatoms. The van der Waals surface area contributed by atoms with E-state index in [4.69, 9.17) is 5.73 Å². The maximum absolute atomic E-state index is 13.0. The highest BCUT2D eigenvalue weighted by atomic mass is 19.4. The monoisotopic (exact) mass is 478 g/mol. The molecule has 2 fully saturated rings. The second kappa shape index (κ2) is 10.0. The summed E-state index contributed by atoms with van der Waals surface area (Å²) in [5.41, 5.74) is 2.94. The van der Waals surface area contributed by atoms with Gasteiger partial charge in [-0.15, -0.1) is 0 Å². The van der Waals surface area contributed by atoms with E-state index in [0.717, 1.165) is 25.7 Å². The summed E-state index contributed by atoms with van der Waals surface area (Å²) < 4.78 is 78.1. The molecule has 1 aromatic carbocycles. The van der Waals surface area contributed by atoms with Gasteiger partial charge in [-0.2, -0.15) is 26.3 Å². The van der Waals surface area contributed by atoms with E-state index in [2.05, 4.69) is 0 Å². The normalized spacial score (nSPS) is 22.9. The number of Topliss-reactive ketones (excluding diaryl/α,β-unsaturated/α-hetero) is 1. The van der Waals surface area contributed by atoms with Crippen molar-refractivity contribution >= 4 is 11.7 Å². The first-order valence-corrected chi connectivity index (χ1v) is 11.2. The standard InChI is InChI=1S/C23H28F6N2O2/c24-22(25,26)16-9-15(10-17(13-16)23(27,28)29)12-18(32)11-14-5-7-31(8-6-14)21(33)19-3-1-2-4-20(19)30/h9-10,13-14,19-20H,1-8,11-12,30H2/t19?,20-/m1/s1. The first kappa shape index (κ1) is 25.5. The van der Waals surface area contributed by atoms with Crippen LogP contribution in [0.15, 0.2) is 18.2 Å². The van der Waals surface area contributed by atoms with Crippen molar-refractivity contribution in [3.63, 3.8) is 0 Å². The fourth-order valence-electron chi connectivity index (χ4n) is 4.80. The second-order valence-corrected chi connectivity index (χ2v) is 9.16. The van der Waals surface area contributed by atoms with Crippen LogP contribution in [0.3, 0.4) is 0 Å². The molecule has 1 saturated carbocycles. The van der Waals surface area contributed by atoms with Gasteiger partial charge in [0, 0.05) is 32.0 Å². The molecule has 184 valence electrons. The van der Waals surface area contributed by atoms with Crippen molar-refractivity contribution in [2.75, 3.05) is 13.1 Å². The van der Waals surface area contributed by atoms with Crippen LogP contribution in [0.25, 0.3) is 0 Å². The van der Waals surface area contributed by atoms with Crippen molar-refractivity contribution in [2.24, 2.45) is 17.6 Å². The fourth-order valence-corrected chi connectivity index (χ4v) is 4.80. The minimum Gasteiger partial charge on any atom is -0.342 e. The van der Waals surface area contributed by atoms with Gasteiger partial charge in [-0.1, -0.05) is 12.8 Å². The molecule has 33 heavy (non-hydrogen) atoms. The number of hydrogen-bond acceptors (Lipinski definition) is 3. The first-order valence-electron chi connectivity index (χ1n) is 11.2. The van der Waals surface area contributed by atoms with E-state index >= 15 is 0 Å². The largest absolute Gasteiger partial charge is 0.416 e. The average Bonchev–Trinajstić information content (AvgIpc) is 2.72. The summed E-state index contributed by atoms with van der Waals surface area (Å²) in [5.74, 6) is -0.618. The molecule has 1 heterocycles. The molecule has 1 aromatic rings. The van der Waals surface area contributed by atoms with Crippen LogP contribution in [0, 0.1) is 11.8 Å². The molecule has 0 aromatic heterocycles. The lowest BCUT2D eigenvalue weighted by molar-refractivity contribution is -0.143. The maximum Gasteiger partial charge on any atom is 0.416 e. The Morgan fingerprint density at radius 1 is 0.879 bits per heavy atom. The Morgan fingerprint density at radius 3 is 1.94 bits per heavy atom. The van der Waals surface area contributed by atoms with Crippen LogP contribution >= 0.6 is 0 Å². The molecule has 2 N–H and O–H groups in total. The molecular weight excluding hydrogens is 450 g/mol. The molecule has 1 saturated heterocycles. The third kappa shape index (κ3) is 6.71. The van der Waals surface area contributed by atoms with Gasteiger partial charge in [-0.3, -0.25) is 9.59 Å². The molecule has 1 unspecified atom stereocenters. The van der Waals surface area contributed by atoms with Gasteiger partial charge in [0.2, 0.25) is 5.91 Å². The number of nitrogens with two attached hydrogens (primary N) is 1. The zero-order valence-electron chi connectivity index (χ0n) is 18.1. The predicted octanol–water partition coefficient (Wildman–Crippen LogP) is 4.98. The Balaban J connectivity index is 1.57. The number of nitrogens with zero attached hydrogens (tertiary/aromatic N) is 1. The van der Waals surface area contributed by atoms with Crippen LogP contribution in [0.4, 0.5) is 26.3 Å². The topological polar surface area (TPSA) is 63.4 Å². The predicted molar refractivity (Wildman–Crippen MR) is 109 cm³/mol. The molecule has 1 aliphatic heterocycles. The summed E-state index contributed by atoms with van der Waals surface area (Å²) in [7, 11) is 0. The first-order chi connectivity index (χ1) is 15.3. The van der Waals surface area contributed by atoms with Gasteiger partial charge in [0.1, 0.15) is 5.78 Å². The fraction of sp³-hybridized carbons (Fsp3) is 0.652. The van der Waals surface area contributed by atoms with Crippen LogP contribution in [0.2, 0.25) is 0 Å². The molecule has 0 radical (unpaired) electrons. The lowest BCUT2D eigenvalue weighted by Crippen LogP contribution is -2.48. The van der Waals surface area contributed by atoms with Crippen LogP contribution in [-0.2, 0) is 28.4 Å². The van der Waals surface area contributed by atoms with Gasteiger partial charge in [0.15, 0.2) is 0 Å². The van der Waals surface area contributed by atoms with Crippen LogP contribution in [-0.4, -0.2) is 35.7 Å². The van der Waals surface area contributed by atoms with Gasteiger partial charge in [-0.05, 0) is 55.4 Å². The van der Waals surface area contributed by atoms with E-state index in [-0.39, 0.29) is 41.8 Å². The molecule has 0 spiro atoms. The highest BCUT2D eigenvalue weighted by Crippen LogP contribution is 2.36. The van der Waals surface area contributed by atoms with Gasteiger partial charge >= 0.3 is 12.4 Å². The number of hydrogen-bond donors (Lipinski definition) is 1. The number of amides is 1. The molecular formula is C23H28F6N2O2. The van der Waals surface area contributed by atoms with Crippen molar-refractivity contribution < 1.29 is 35.9 Å². The van der Waals surface area contributed by atoms with Crippen LogP contribution in [0.5, 0.6) is 0 Å². The number of carbonyl (C=O) groups excluding carboxylic acids is 2. The van der Waals surface area contributed by atoms with E-state index in [9.17, 15) is 35.9 Å². The summed E-state index contributed by atoms with van der Waals surface area (Å²) in [6.45, 7) is 0.948. The van der Waals surface area contributed by atoms with E-state index in [1.165, 1.54) is 0 Å². The van der Waals surface area contributed by atoms with Crippen molar-refractivity contribution in [1.29, 1.82) is 0 Å². The minimum atomic E-state index is -4.95. The number of alkyl halides is 6. The third-order valence-corrected chi connectivity index (χ3v) is 6.63. The van der Waals surface area contributed by atoms with Gasteiger partial charge in [0.05, 0.1) is 17.0 Å². The smallest absolute Gasteiger partial charge is 0.342 e. The Morgan fingerprint density at radius 2 is 1.42 bits per heavy atom. The zero-order valence-corrected chi connectivity index (χ0v) is 18.1. The van der Waals surface area contributed by atoms with Crippen molar-refractivity contribution in [2.45, 2.75) is 69.8 Å². The SMILES string of the molecule is N[C@@H]1CCCCC1C(=O)N1CCC(CC(=O)Cc2cc(C(F)(F)F)cc(C(F)(F)F)c2)CC1. The molecule has 1 amide bonds. The van der Waals surface area contributed by atoms with E-state index < -0.39 is 35.7 Å². The second-order valence-electron chi connectivity index (χ2n) is 9.16. The lowest BCUT2D eigenvalue weighted by atomic mass is 9.83.